The van der Waals surface area contributed by atoms with Gasteiger partial charge in [0.15, 0.2) is 0 Å². The van der Waals surface area contributed by atoms with Gasteiger partial charge in [0, 0.05) is 22.3 Å². The van der Waals surface area contributed by atoms with Gasteiger partial charge in [0.05, 0.1) is 11.4 Å². The van der Waals surface area contributed by atoms with E-state index in [1.165, 1.54) is 0 Å². The van der Waals surface area contributed by atoms with E-state index in [0.29, 0.717) is 0 Å². The summed E-state index contributed by atoms with van der Waals surface area (Å²) in [6, 6.07) is 57.4. The molecule has 0 bridgehead atoms. The molecule has 46 heavy (non-hydrogen) atoms. The molecule has 0 atom stereocenters. The number of rotatable bonds is 7. The van der Waals surface area contributed by atoms with Crippen LogP contribution in [0.25, 0.3) is 67.5 Å². The summed E-state index contributed by atoms with van der Waals surface area (Å²) in [5.74, 6) is 0. The third-order valence-electron chi connectivity index (χ3n) is 7.95. The lowest BCUT2D eigenvalue weighted by Gasteiger charge is -2.06. The first-order chi connectivity index (χ1) is 22.8. The predicted molar refractivity (Wildman–Crippen MR) is 183 cm³/mol. The molecule has 0 N–H and O–H groups in total. The first-order valence-electron chi connectivity index (χ1n) is 15.2. The van der Waals surface area contributed by atoms with Crippen molar-refractivity contribution in [1.29, 1.82) is 0 Å². The minimum Gasteiger partial charge on any atom is -0.150 e. The standard InChI is InChI=1S/C40H28N6/c1-5-13-31(14-6-1)37-38(32-15-7-2-8-16-32)42-45(41-37)35-25-21-29(22-26-35)30-23-27-36(28-24-30)46-43-39(33-17-9-3-10-18-33)40(44-46)34-19-11-4-12-20-34/h1-28H. The fraction of sp³-hybridized carbons (Fsp3) is 0. The molecule has 0 saturated heterocycles. The van der Waals surface area contributed by atoms with Gasteiger partial charge >= 0.3 is 0 Å². The van der Waals surface area contributed by atoms with Crippen molar-refractivity contribution in [3.05, 3.63) is 170 Å². The summed E-state index contributed by atoms with van der Waals surface area (Å²) in [7, 11) is 0. The summed E-state index contributed by atoms with van der Waals surface area (Å²) in [4.78, 5) is 3.44. The van der Waals surface area contributed by atoms with Gasteiger partial charge in [-0.15, -0.1) is 20.4 Å². The Labute approximate surface area is 266 Å². The zero-order chi connectivity index (χ0) is 30.7. The monoisotopic (exact) mass is 592 g/mol. The van der Waals surface area contributed by atoms with Crippen LogP contribution in [-0.4, -0.2) is 30.0 Å². The lowest BCUT2D eigenvalue weighted by atomic mass is 10.1. The highest BCUT2D eigenvalue weighted by molar-refractivity contribution is 5.79. The maximum atomic E-state index is 4.92. The highest BCUT2D eigenvalue weighted by Crippen LogP contribution is 2.32. The first-order valence-corrected chi connectivity index (χ1v) is 15.2. The normalized spacial score (nSPS) is 11.0. The molecule has 0 amide bonds. The summed E-state index contributed by atoms with van der Waals surface area (Å²) in [5, 5.41) is 19.7. The van der Waals surface area contributed by atoms with Crippen molar-refractivity contribution in [2.24, 2.45) is 0 Å². The van der Waals surface area contributed by atoms with Crippen LogP contribution in [-0.2, 0) is 0 Å². The molecule has 0 saturated carbocycles. The van der Waals surface area contributed by atoms with E-state index in [4.69, 9.17) is 20.4 Å². The molecule has 0 spiro atoms. The summed E-state index contributed by atoms with van der Waals surface area (Å²) in [5.41, 5.74) is 11.5. The van der Waals surface area contributed by atoms with Crippen LogP contribution in [0.15, 0.2) is 170 Å². The average molecular weight is 593 g/mol. The molecule has 8 aromatic rings. The molecule has 8 rings (SSSR count). The summed E-state index contributed by atoms with van der Waals surface area (Å²) < 4.78 is 0. The van der Waals surface area contributed by atoms with Crippen molar-refractivity contribution >= 4 is 0 Å². The number of benzene rings is 6. The van der Waals surface area contributed by atoms with Crippen LogP contribution in [0, 0.1) is 0 Å². The third kappa shape index (κ3) is 5.29. The van der Waals surface area contributed by atoms with Gasteiger partial charge in [-0.2, -0.15) is 9.59 Å². The van der Waals surface area contributed by atoms with Gasteiger partial charge < -0.3 is 0 Å². The van der Waals surface area contributed by atoms with Crippen molar-refractivity contribution in [2.75, 3.05) is 0 Å². The van der Waals surface area contributed by atoms with Gasteiger partial charge in [0.25, 0.3) is 0 Å². The molecule has 0 fully saturated rings. The van der Waals surface area contributed by atoms with Gasteiger partial charge in [-0.3, -0.25) is 0 Å². The van der Waals surface area contributed by atoms with Crippen molar-refractivity contribution in [3.8, 4) is 67.5 Å². The molecule has 2 heterocycles. The van der Waals surface area contributed by atoms with Crippen molar-refractivity contribution in [1.82, 2.24) is 30.0 Å². The summed E-state index contributed by atoms with van der Waals surface area (Å²) in [6.45, 7) is 0. The highest BCUT2D eigenvalue weighted by atomic mass is 15.5. The molecule has 2 aromatic heterocycles. The molecule has 6 nitrogen and oxygen atoms in total. The molecule has 0 radical (unpaired) electrons. The Morgan fingerprint density at radius 3 is 0.717 bits per heavy atom. The van der Waals surface area contributed by atoms with Gasteiger partial charge in [0.1, 0.15) is 22.8 Å². The maximum absolute atomic E-state index is 4.92. The smallest absolute Gasteiger partial charge is 0.121 e. The average Bonchev–Trinajstić information content (AvgIpc) is 3.80. The van der Waals surface area contributed by atoms with Crippen LogP contribution in [0.3, 0.4) is 0 Å². The van der Waals surface area contributed by atoms with Gasteiger partial charge in [-0.1, -0.05) is 146 Å². The first kappa shape index (κ1) is 27.2. The van der Waals surface area contributed by atoms with E-state index >= 15 is 0 Å². The molecule has 0 unspecified atom stereocenters. The lowest BCUT2D eigenvalue weighted by molar-refractivity contribution is 0.755. The van der Waals surface area contributed by atoms with Gasteiger partial charge in [0.2, 0.25) is 0 Å². The Morgan fingerprint density at radius 2 is 0.478 bits per heavy atom. The van der Waals surface area contributed by atoms with E-state index in [0.717, 1.165) is 67.5 Å². The van der Waals surface area contributed by atoms with E-state index in [1.54, 1.807) is 9.59 Å². The van der Waals surface area contributed by atoms with Crippen molar-refractivity contribution < 1.29 is 0 Å². The van der Waals surface area contributed by atoms with Gasteiger partial charge in [-0.25, -0.2) is 0 Å². The lowest BCUT2D eigenvalue weighted by Crippen LogP contribution is -1.99. The number of aromatic nitrogens is 6. The van der Waals surface area contributed by atoms with Crippen molar-refractivity contribution in [2.45, 2.75) is 0 Å². The molecule has 6 aromatic carbocycles. The zero-order valence-corrected chi connectivity index (χ0v) is 24.8. The fourth-order valence-electron chi connectivity index (χ4n) is 5.58. The van der Waals surface area contributed by atoms with E-state index in [1.807, 2.05) is 72.8 Å². The van der Waals surface area contributed by atoms with Crippen LogP contribution < -0.4 is 0 Å². The number of nitrogens with zero attached hydrogens (tertiary/aromatic N) is 6. The molecule has 6 heteroatoms. The fourth-order valence-corrected chi connectivity index (χ4v) is 5.58. The van der Waals surface area contributed by atoms with E-state index < -0.39 is 0 Å². The van der Waals surface area contributed by atoms with Crippen LogP contribution in [0.4, 0.5) is 0 Å². The van der Waals surface area contributed by atoms with Gasteiger partial charge in [-0.05, 0) is 35.4 Å². The molecule has 0 aliphatic rings. The topological polar surface area (TPSA) is 61.4 Å². The Bertz CT molecular complexity index is 1930. The molecular weight excluding hydrogens is 564 g/mol. The quantitative estimate of drug-likeness (QED) is 0.185. The Hall–Kier alpha value is -6.40. The second kappa shape index (κ2) is 11.9. The Morgan fingerprint density at radius 1 is 0.239 bits per heavy atom. The zero-order valence-electron chi connectivity index (χ0n) is 24.8. The SMILES string of the molecule is c1ccc(-c2nn(-c3ccc(-c4ccc(-n5nc(-c6ccccc6)c(-c6ccccc6)n5)cc4)cc3)nc2-c2ccccc2)cc1. The predicted octanol–water partition coefficient (Wildman–Crippen LogP) is 9.18. The summed E-state index contributed by atoms with van der Waals surface area (Å²) >= 11 is 0. The largest absolute Gasteiger partial charge is 0.150 e. The van der Waals surface area contributed by atoms with Crippen LogP contribution in [0.2, 0.25) is 0 Å². The molecule has 0 aliphatic heterocycles. The highest BCUT2D eigenvalue weighted by Gasteiger charge is 2.17. The second-order valence-electron chi connectivity index (χ2n) is 10.9. The minimum absolute atomic E-state index is 0.851. The molecule has 0 aliphatic carbocycles. The second-order valence-corrected chi connectivity index (χ2v) is 10.9. The van der Waals surface area contributed by atoms with Crippen LogP contribution in [0.5, 0.6) is 0 Å². The van der Waals surface area contributed by atoms with Crippen LogP contribution in [0.1, 0.15) is 0 Å². The molecule has 218 valence electrons. The van der Waals surface area contributed by atoms with Crippen LogP contribution >= 0.6 is 0 Å². The Kier molecular flexibility index (Phi) is 7.05. The van der Waals surface area contributed by atoms with E-state index in [9.17, 15) is 0 Å². The molecular formula is C40H28N6. The number of hydrogen-bond donors (Lipinski definition) is 0. The van der Waals surface area contributed by atoms with E-state index in [2.05, 4.69) is 97.1 Å². The number of hydrogen-bond acceptors (Lipinski definition) is 4. The van der Waals surface area contributed by atoms with E-state index in [-0.39, 0.29) is 0 Å². The minimum atomic E-state index is 0.851. The summed E-state index contributed by atoms with van der Waals surface area (Å²) in [6.07, 6.45) is 0. The Balaban J connectivity index is 1.09. The maximum Gasteiger partial charge on any atom is 0.121 e. The van der Waals surface area contributed by atoms with Crippen molar-refractivity contribution in [3.63, 3.8) is 0 Å². The third-order valence-corrected chi connectivity index (χ3v) is 7.95.